The fourth-order valence-electron chi connectivity index (χ4n) is 5.60. The summed E-state index contributed by atoms with van der Waals surface area (Å²) < 4.78 is 58.2. The van der Waals surface area contributed by atoms with Gasteiger partial charge in [0.2, 0.25) is 0 Å². The number of nitriles is 1. The summed E-state index contributed by atoms with van der Waals surface area (Å²) in [6.07, 6.45) is 3.02. The third kappa shape index (κ3) is 6.46. The van der Waals surface area contributed by atoms with E-state index in [1.807, 2.05) is 48.7 Å². The Morgan fingerprint density at radius 3 is 2.44 bits per heavy atom. The quantitative estimate of drug-likeness (QED) is 0.340. The van der Waals surface area contributed by atoms with Crippen molar-refractivity contribution in [3.63, 3.8) is 0 Å². The summed E-state index contributed by atoms with van der Waals surface area (Å²) in [4.78, 5) is 21.9. The van der Waals surface area contributed by atoms with Crippen LogP contribution in [0.4, 0.5) is 0 Å². The van der Waals surface area contributed by atoms with Crippen LogP contribution >= 0.6 is 0 Å². The van der Waals surface area contributed by atoms with Gasteiger partial charge in [-0.25, -0.2) is 5.48 Å². The molecular formula is C28H35N7O6S2. The van der Waals surface area contributed by atoms with Gasteiger partial charge in [-0.15, -0.1) is 0 Å². The number of rotatable bonds is 9. The number of piperidine rings is 1. The van der Waals surface area contributed by atoms with E-state index in [0.717, 1.165) is 34.9 Å². The molecule has 5 rings (SSSR count). The lowest BCUT2D eigenvalue weighted by atomic mass is 9.90. The molecule has 2 aliphatic heterocycles. The number of amides is 1. The summed E-state index contributed by atoms with van der Waals surface area (Å²) in [7, 11) is -5.25. The average Bonchev–Trinajstić information content (AvgIpc) is 3.44. The van der Waals surface area contributed by atoms with Gasteiger partial charge in [0.1, 0.15) is 6.04 Å². The molecule has 43 heavy (non-hydrogen) atoms. The van der Waals surface area contributed by atoms with Crippen molar-refractivity contribution in [3.8, 4) is 6.07 Å². The Morgan fingerprint density at radius 2 is 1.77 bits per heavy atom. The molecule has 1 atom stereocenters. The maximum atomic E-state index is 13.9. The fraction of sp³-hybridized carbons (Fsp3) is 0.429. The molecule has 0 radical (unpaired) electrons. The predicted octanol–water partition coefficient (Wildman–Crippen LogP) is 1.50. The van der Waals surface area contributed by atoms with Crippen LogP contribution in [0.15, 0.2) is 54.7 Å². The third-order valence-corrected chi connectivity index (χ3v) is 12.0. The number of carbonyl (C=O) groups is 1. The summed E-state index contributed by atoms with van der Waals surface area (Å²) in [5.41, 5.74) is 5.65. The SMILES string of the molecule is CN(C)S(=O)(=O)N1CCN(S(=O)(=O)N2CCC(c3c[nH]c4ccc(C#N)cc34)CC2)C(C(=O)NOCc2ccccc2)C1. The number of aromatic amines is 1. The Kier molecular flexibility index (Phi) is 9.18. The van der Waals surface area contributed by atoms with E-state index in [2.05, 4.69) is 16.5 Å². The molecular weight excluding hydrogens is 594 g/mol. The summed E-state index contributed by atoms with van der Waals surface area (Å²) in [5.74, 6) is -0.665. The lowest BCUT2D eigenvalue weighted by Gasteiger charge is -2.42. The topological polar surface area (TPSA) is 159 Å². The Morgan fingerprint density at radius 1 is 1.05 bits per heavy atom. The second-order valence-electron chi connectivity index (χ2n) is 10.8. The number of piperazine rings is 1. The zero-order chi connectivity index (χ0) is 30.8. The van der Waals surface area contributed by atoms with Gasteiger partial charge in [0.15, 0.2) is 0 Å². The largest absolute Gasteiger partial charge is 0.361 e. The van der Waals surface area contributed by atoms with E-state index < -0.39 is 32.4 Å². The molecule has 2 aromatic carbocycles. The van der Waals surface area contributed by atoms with E-state index in [1.165, 1.54) is 18.4 Å². The summed E-state index contributed by atoms with van der Waals surface area (Å²) >= 11 is 0. The lowest BCUT2D eigenvalue weighted by Crippen LogP contribution is -2.64. The average molecular weight is 630 g/mol. The van der Waals surface area contributed by atoms with Gasteiger partial charge in [-0.2, -0.15) is 39.3 Å². The number of fused-ring (bicyclic) bond motifs is 1. The molecule has 1 amide bonds. The number of hydrogen-bond donors (Lipinski definition) is 2. The second kappa shape index (κ2) is 12.7. The molecule has 13 nitrogen and oxygen atoms in total. The molecule has 3 aromatic rings. The number of aromatic nitrogens is 1. The van der Waals surface area contributed by atoms with Crippen LogP contribution < -0.4 is 5.48 Å². The monoisotopic (exact) mass is 629 g/mol. The number of benzene rings is 2. The number of nitrogens with one attached hydrogen (secondary N) is 2. The van der Waals surface area contributed by atoms with Gasteiger partial charge in [-0.05, 0) is 48.1 Å². The lowest BCUT2D eigenvalue weighted by molar-refractivity contribution is -0.139. The van der Waals surface area contributed by atoms with E-state index in [-0.39, 0.29) is 45.2 Å². The van der Waals surface area contributed by atoms with Gasteiger partial charge in [-0.3, -0.25) is 9.63 Å². The molecule has 1 unspecified atom stereocenters. The molecule has 15 heteroatoms. The van der Waals surface area contributed by atoms with Crippen LogP contribution in [0.1, 0.15) is 35.4 Å². The van der Waals surface area contributed by atoms with Crippen molar-refractivity contribution in [2.45, 2.75) is 31.4 Å². The molecule has 0 saturated carbocycles. The Bertz CT molecular complexity index is 1710. The highest BCUT2D eigenvalue weighted by Gasteiger charge is 2.46. The number of hydroxylamine groups is 1. The fourth-order valence-corrected chi connectivity index (χ4v) is 8.47. The molecule has 0 spiro atoms. The van der Waals surface area contributed by atoms with Crippen molar-refractivity contribution < 1.29 is 26.5 Å². The number of nitrogens with zero attached hydrogens (tertiary/aromatic N) is 5. The van der Waals surface area contributed by atoms with Gasteiger partial charge in [0, 0.05) is 63.9 Å². The Hall–Kier alpha value is -3.36. The third-order valence-electron chi connectivity index (χ3n) is 8.00. The zero-order valence-electron chi connectivity index (χ0n) is 24.0. The van der Waals surface area contributed by atoms with Crippen molar-refractivity contribution in [3.05, 3.63) is 71.4 Å². The first-order valence-corrected chi connectivity index (χ1v) is 16.7. The van der Waals surface area contributed by atoms with Crippen molar-refractivity contribution in [1.29, 1.82) is 5.26 Å². The van der Waals surface area contributed by atoms with Gasteiger partial charge in [-0.1, -0.05) is 30.3 Å². The maximum Gasteiger partial charge on any atom is 0.282 e. The molecule has 0 bridgehead atoms. The van der Waals surface area contributed by atoms with E-state index in [9.17, 15) is 26.9 Å². The van der Waals surface area contributed by atoms with Gasteiger partial charge in [0.25, 0.3) is 26.3 Å². The molecule has 2 N–H and O–H groups in total. The molecule has 3 heterocycles. The molecule has 2 aliphatic rings. The normalized spacial score (nSPS) is 19.9. The molecule has 2 saturated heterocycles. The molecule has 2 fully saturated rings. The Balaban J connectivity index is 1.31. The first-order chi connectivity index (χ1) is 20.5. The van der Waals surface area contributed by atoms with E-state index >= 15 is 0 Å². The van der Waals surface area contributed by atoms with Crippen molar-refractivity contribution in [2.24, 2.45) is 0 Å². The summed E-state index contributed by atoms with van der Waals surface area (Å²) in [6, 6.07) is 15.4. The molecule has 1 aromatic heterocycles. The van der Waals surface area contributed by atoms with E-state index in [1.54, 1.807) is 6.07 Å². The van der Waals surface area contributed by atoms with Crippen LogP contribution in [0.2, 0.25) is 0 Å². The van der Waals surface area contributed by atoms with Crippen LogP contribution in [0.25, 0.3) is 10.9 Å². The zero-order valence-corrected chi connectivity index (χ0v) is 25.6. The van der Waals surface area contributed by atoms with Gasteiger partial charge >= 0.3 is 0 Å². The van der Waals surface area contributed by atoms with Gasteiger partial charge in [0.05, 0.1) is 18.2 Å². The first kappa shape index (κ1) is 31.1. The standard InChI is InChI=1S/C28H35N7O6S2/c1-32(2)42(37,38)34-14-15-35(27(19-34)28(36)31-41-20-21-6-4-3-5-7-21)43(39,40)33-12-10-23(11-13-33)25-18-30-26-9-8-22(17-29)16-24(25)26/h3-9,16,18,23,27,30H,10-15,19-20H2,1-2H3,(H,31,36). The first-order valence-electron chi connectivity index (χ1n) is 13.9. The van der Waals surface area contributed by atoms with Gasteiger partial charge < -0.3 is 4.98 Å². The minimum Gasteiger partial charge on any atom is -0.361 e. The highest BCUT2D eigenvalue weighted by Crippen LogP contribution is 2.35. The Labute approximate surface area is 251 Å². The minimum absolute atomic E-state index is 0.0585. The maximum absolute atomic E-state index is 13.9. The van der Waals surface area contributed by atoms with E-state index in [0.29, 0.717) is 18.4 Å². The number of hydrogen-bond acceptors (Lipinski definition) is 7. The van der Waals surface area contributed by atoms with Crippen LogP contribution in [0, 0.1) is 11.3 Å². The van der Waals surface area contributed by atoms with Crippen molar-refractivity contribution in [2.75, 3.05) is 46.8 Å². The highest BCUT2D eigenvalue weighted by atomic mass is 32.2. The van der Waals surface area contributed by atoms with Crippen LogP contribution in [-0.4, -0.2) is 97.8 Å². The highest BCUT2D eigenvalue weighted by molar-refractivity contribution is 7.87. The van der Waals surface area contributed by atoms with Crippen LogP contribution in [-0.2, 0) is 36.7 Å². The smallest absolute Gasteiger partial charge is 0.282 e. The summed E-state index contributed by atoms with van der Waals surface area (Å²) in [5, 5.41) is 10.3. The van der Waals surface area contributed by atoms with Crippen molar-refractivity contribution >= 4 is 37.2 Å². The molecule has 230 valence electrons. The predicted molar refractivity (Wildman–Crippen MR) is 160 cm³/mol. The van der Waals surface area contributed by atoms with Crippen molar-refractivity contribution in [1.82, 2.24) is 27.7 Å². The minimum atomic E-state index is -4.13. The molecule has 0 aliphatic carbocycles. The number of carbonyl (C=O) groups excluding carboxylic acids is 1. The van der Waals surface area contributed by atoms with Crippen LogP contribution in [0.5, 0.6) is 0 Å². The number of H-pyrrole nitrogens is 1. The second-order valence-corrected chi connectivity index (χ2v) is 14.8. The van der Waals surface area contributed by atoms with E-state index in [4.69, 9.17) is 4.84 Å². The summed E-state index contributed by atoms with van der Waals surface area (Å²) in [6.45, 7) is -0.122. The van der Waals surface area contributed by atoms with Crippen LogP contribution in [0.3, 0.4) is 0 Å².